The molecule has 0 aromatic heterocycles. The van der Waals surface area contributed by atoms with Gasteiger partial charge in [-0.25, -0.2) is 0 Å². The van der Waals surface area contributed by atoms with Crippen LogP contribution in [0.4, 0.5) is 0 Å². The molecule has 0 heterocycles. The van der Waals surface area contributed by atoms with Crippen molar-refractivity contribution < 1.29 is 14.6 Å². The van der Waals surface area contributed by atoms with Gasteiger partial charge in [0.05, 0.1) is 24.2 Å². The summed E-state index contributed by atoms with van der Waals surface area (Å²) in [6.07, 6.45) is -0.637. The monoisotopic (exact) mass is 392 g/mol. The number of aliphatic hydroxyl groups is 1. The van der Waals surface area contributed by atoms with Crippen LogP contribution in [-0.2, 0) is 4.79 Å². The molecule has 0 aliphatic carbocycles. The third-order valence-electron chi connectivity index (χ3n) is 4.01. The average Bonchev–Trinajstić information content (AvgIpc) is 2.63. The summed E-state index contributed by atoms with van der Waals surface area (Å²) in [6, 6.07) is 7.44. The molecule has 0 saturated heterocycles. The maximum atomic E-state index is 12.1. The Morgan fingerprint density at radius 1 is 1.18 bits per heavy atom. The summed E-state index contributed by atoms with van der Waals surface area (Å²) >= 11 is 0. The van der Waals surface area contributed by atoms with Gasteiger partial charge in [-0.15, -0.1) is 0 Å². The highest BCUT2D eigenvalue weighted by Gasteiger charge is 2.26. The summed E-state index contributed by atoms with van der Waals surface area (Å²) in [7, 11) is 0. The Kier molecular flexibility index (Phi) is 9.79. The highest BCUT2D eigenvalue weighted by Crippen LogP contribution is 2.20. The van der Waals surface area contributed by atoms with Crippen molar-refractivity contribution in [3.63, 3.8) is 0 Å². The lowest BCUT2D eigenvalue weighted by molar-refractivity contribution is -0.128. The van der Waals surface area contributed by atoms with Crippen molar-refractivity contribution in [1.82, 2.24) is 16.0 Å². The van der Waals surface area contributed by atoms with Crippen LogP contribution in [0.3, 0.4) is 0 Å². The van der Waals surface area contributed by atoms with Crippen LogP contribution in [0.25, 0.3) is 0 Å². The van der Waals surface area contributed by atoms with Crippen LogP contribution in [0.15, 0.2) is 29.3 Å². The first kappa shape index (κ1) is 23.8. The minimum absolute atomic E-state index is 0.0309. The molecule has 0 saturated carbocycles. The highest BCUT2D eigenvalue weighted by molar-refractivity contribution is 5.83. The first-order valence-electron chi connectivity index (χ1n) is 9.94. The van der Waals surface area contributed by atoms with Crippen molar-refractivity contribution in [2.75, 3.05) is 26.2 Å². The normalized spacial score (nSPS) is 13.2. The SMILES string of the molecule is CCNC(=O)C(C)(C)CN=C(NCC)NCC(O)c1cccc(OC(C)C)c1. The number of carbonyl (C=O) groups excluding carboxylic acids is 1. The topological polar surface area (TPSA) is 95.0 Å². The molecule has 1 rings (SSSR count). The Hall–Kier alpha value is -2.28. The molecule has 0 fully saturated rings. The van der Waals surface area contributed by atoms with Crippen LogP contribution in [0.1, 0.15) is 53.2 Å². The standard InChI is InChI=1S/C21H36N4O3/c1-7-22-19(27)21(5,6)14-25-20(23-8-2)24-13-18(26)16-10-9-11-17(12-16)28-15(3)4/h9-12,15,18,26H,7-8,13-14H2,1-6H3,(H,22,27)(H2,23,24,25). The second-order valence-electron chi connectivity index (χ2n) is 7.57. The summed E-state index contributed by atoms with van der Waals surface area (Å²) in [6.45, 7) is 13.4. The number of aliphatic imine (C=N–C) groups is 1. The second-order valence-corrected chi connectivity index (χ2v) is 7.57. The Bertz CT molecular complexity index is 644. The lowest BCUT2D eigenvalue weighted by atomic mass is 9.92. The van der Waals surface area contributed by atoms with E-state index in [1.165, 1.54) is 0 Å². The molecule has 0 radical (unpaired) electrons. The minimum atomic E-state index is -0.712. The Morgan fingerprint density at radius 3 is 2.46 bits per heavy atom. The molecule has 0 bridgehead atoms. The first-order valence-corrected chi connectivity index (χ1v) is 9.94. The van der Waals surface area contributed by atoms with Crippen LogP contribution in [0.2, 0.25) is 0 Å². The number of nitrogens with one attached hydrogen (secondary N) is 3. The summed E-state index contributed by atoms with van der Waals surface area (Å²) in [5.41, 5.74) is 0.156. The summed E-state index contributed by atoms with van der Waals surface area (Å²) in [5, 5.41) is 19.6. The first-order chi connectivity index (χ1) is 13.2. The summed E-state index contributed by atoms with van der Waals surface area (Å²) in [4.78, 5) is 16.6. The maximum Gasteiger partial charge on any atom is 0.227 e. The fourth-order valence-electron chi connectivity index (χ4n) is 2.47. The van der Waals surface area contributed by atoms with Crippen LogP contribution in [0, 0.1) is 5.41 Å². The lowest BCUT2D eigenvalue weighted by Gasteiger charge is -2.22. The molecule has 0 aliphatic rings. The Morgan fingerprint density at radius 2 is 1.86 bits per heavy atom. The van der Waals surface area contributed by atoms with Gasteiger partial charge in [0, 0.05) is 19.6 Å². The van der Waals surface area contributed by atoms with Crippen LogP contribution < -0.4 is 20.7 Å². The quantitative estimate of drug-likeness (QED) is 0.362. The largest absolute Gasteiger partial charge is 0.491 e. The van der Waals surface area contributed by atoms with E-state index in [-0.39, 0.29) is 12.0 Å². The van der Waals surface area contributed by atoms with E-state index in [4.69, 9.17) is 4.74 Å². The number of hydrogen-bond donors (Lipinski definition) is 4. The molecule has 1 amide bonds. The van der Waals surface area contributed by atoms with Crippen molar-refractivity contribution >= 4 is 11.9 Å². The van der Waals surface area contributed by atoms with Gasteiger partial charge in [-0.1, -0.05) is 12.1 Å². The number of aliphatic hydroxyl groups excluding tert-OH is 1. The van der Waals surface area contributed by atoms with Crippen LogP contribution in [-0.4, -0.2) is 49.3 Å². The smallest absolute Gasteiger partial charge is 0.227 e. The molecule has 0 aliphatic heterocycles. The molecule has 1 aromatic carbocycles. The van der Waals surface area contributed by atoms with Gasteiger partial charge in [-0.2, -0.15) is 0 Å². The van der Waals surface area contributed by atoms with Gasteiger partial charge in [0.25, 0.3) is 0 Å². The number of amides is 1. The Labute approximate surface area is 169 Å². The third-order valence-corrected chi connectivity index (χ3v) is 4.01. The number of carbonyl (C=O) groups is 1. The van der Waals surface area contributed by atoms with Crippen LogP contribution >= 0.6 is 0 Å². The van der Waals surface area contributed by atoms with Crippen molar-refractivity contribution in [2.45, 2.75) is 53.8 Å². The van der Waals surface area contributed by atoms with Crippen molar-refractivity contribution in [3.8, 4) is 5.75 Å². The number of ether oxygens (including phenoxy) is 1. The predicted octanol–water partition coefficient (Wildman–Crippen LogP) is 2.22. The number of nitrogens with zero attached hydrogens (tertiary/aromatic N) is 1. The van der Waals surface area contributed by atoms with E-state index in [0.29, 0.717) is 32.1 Å². The van der Waals surface area contributed by atoms with Crippen molar-refractivity contribution in [3.05, 3.63) is 29.8 Å². The average molecular weight is 393 g/mol. The van der Waals surface area contributed by atoms with E-state index in [9.17, 15) is 9.90 Å². The van der Waals surface area contributed by atoms with Gasteiger partial charge >= 0.3 is 0 Å². The lowest BCUT2D eigenvalue weighted by Crippen LogP contribution is -2.42. The van der Waals surface area contributed by atoms with Gasteiger partial charge < -0.3 is 25.8 Å². The van der Waals surface area contributed by atoms with Crippen molar-refractivity contribution in [1.29, 1.82) is 0 Å². The third kappa shape index (κ3) is 8.17. The zero-order chi connectivity index (χ0) is 21.2. The molecule has 158 valence electrons. The molecule has 0 spiro atoms. The fraction of sp³-hybridized carbons (Fsp3) is 0.619. The molecule has 1 unspecified atom stereocenters. The highest BCUT2D eigenvalue weighted by atomic mass is 16.5. The molecule has 1 aromatic rings. The van der Waals surface area contributed by atoms with Gasteiger partial charge in [-0.05, 0) is 59.2 Å². The van der Waals surface area contributed by atoms with Gasteiger partial charge in [-0.3, -0.25) is 9.79 Å². The molecule has 1 atom stereocenters. The molecule has 7 nitrogen and oxygen atoms in total. The number of benzene rings is 1. The zero-order valence-electron chi connectivity index (χ0n) is 18.0. The van der Waals surface area contributed by atoms with E-state index in [0.717, 1.165) is 11.3 Å². The van der Waals surface area contributed by atoms with Gasteiger partial charge in [0.1, 0.15) is 5.75 Å². The van der Waals surface area contributed by atoms with E-state index < -0.39 is 11.5 Å². The van der Waals surface area contributed by atoms with Crippen molar-refractivity contribution in [2.24, 2.45) is 10.4 Å². The minimum Gasteiger partial charge on any atom is -0.491 e. The maximum absolute atomic E-state index is 12.1. The number of guanidine groups is 1. The van der Waals surface area contributed by atoms with Crippen LogP contribution in [0.5, 0.6) is 5.75 Å². The Balaban J connectivity index is 2.73. The number of hydrogen-bond acceptors (Lipinski definition) is 4. The number of rotatable bonds is 10. The second kappa shape index (κ2) is 11.5. The molecular weight excluding hydrogens is 356 g/mol. The fourth-order valence-corrected chi connectivity index (χ4v) is 2.47. The zero-order valence-corrected chi connectivity index (χ0v) is 18.0. The van der Waals surface area contributed by atoms with Gasteiger partial charge in [0.15, 0.2) is 5.96 Å². The van der Waals surface area contributed by atoms with E-state index in [1.54, 1.807) is 0 Å². The van der Waals surface area contributed by atoms with E-state index in [1.807, 2.05) is 65.8 Å². The molecule has 7 heteroatoms. The summed E-state index contributed by atoms with van der Waals surface area (Å²) < 4.78 is 5.68. The van der Waals surface area contributed by atoms with E-state index in [2.05, 4.69) is 20.9 Å². The molecule has 4 N–H and O–H groups in total. The van der Waals surface area contributed by atoms with Gasteiger partial charge in [0.2, 0.25) is 5.91 Å². The summed E-state index contributed by atoms with van der Waals surface area (Å²) in [5.74, 6) is 1.26. The molecule has 28 heavy (non-hydrogen) atoms. The predicted molar refractivity (Wildman–Crippen MR) is 114 cm³/mol. The van der Waals surface area contributed by atoms with E-state index >= 15 is 0 Å². The molecular formula is C21H36N4O3.